The van der Waals surface area contributed by atoms with E-state index in [1.165, 1.54) is 12.3 Å². The average molecular weight is 208 g/mol. The highest BCUT2D eigenvalue weighted by Gasteiger charge is 2.08. The van der Waals surface area contributed by atoms with Crippen LogP contribution < -0.4 is 0 Å². The van der Waals surface area contributed by atoms with Crippen LogP contribution >= 0.6 is 0 Å². The summed E-state index contributed by atoms with van der Waals surface area (Å²) in [6.07, 6.45) is 1.83. The number of hydrogen-bond acceptors (Lipinski definition) is 3. The first-order chi connectivity index (χ1) is 7.33. The molecule has 0 unspecified atom stereocenters. The predicted octanol–water partition coefficient (Wildman–Crippen LogP) is 2.29. The lowest BCUT2D eigenvalue weighted by Gasteiger charge is -1.96. The van der Waals surface area contributed by atoms with E-state index in [0.29, 0.717) is 24.0 Å². The fraction of sp³-hybridized carbons (Fsp3) is 0.182. The third kappa shape index (κ3) is 1.83. The number of furan rings is 1. The molecule has 2 aromatic rings. The normalized spacial score (nSPS) is 10.5. The van der Waals surface area contributed by atoms with Gasteiger partial charge in [0.1, 0.15) is 17.8 Å². The molecule has 1 heterocycles. The number of carbonyl (C=O) groups is 1. The zero-order valence-electron chi connectivity index (χ0n) is 7.90. The molecule has 1 aromatic carbocycles. The number of carbonyl (C=O) groups excluding carboxylic acids is 1. The molecule has 3 nitrogen and oxygen atoms in total. The van der Waals surface area contributed by atoms with Crippen molar-refractivity contribution in [1.29, 1.82) is 0 Å². The van der Waals surface area contributed by atoms with Gasteiger partial charge in [0, 0.05) is 11.8 Å². The molecule has 0 amide bonds. The van der Waals surface area contributed by atoms with Gasteiger partial charge < -0.3 is 9.15 Å². The topological polar surface area (TPSA) is 39.4 Å². The molecule has 0 fully saturated rings. The van der Waals surface area contributed by atoms with Crippen LogP contribution in [0.15, 0.2) is 28.9 Å². The lowest BCUT2D eigenvalue weighted by molar-refractivity contribution is -0.128. The maximum Gasteiger partial charge on any atom is 0.293 e. The molecule has 0 saturated heterocycles. The molecule has 0 bridgehead atoms. The third-order valence-electron chi connectivity index (χ3n) is 2.19. The SMILES string of the molecule is O=COCCc1occ2c(F)cccc12. The van der Waals surface area contributed by atoms with Gasteiger partial charge in [0.25, 0.3) is 6.47 Å². The highest BCUT2D eigenvalue weighted by molar-refractivity contribution is 5.84. The van der Waals surface area contributed by atoms with Crippen LogP contribution in [0.2, 0.25) is 0 Å². The van der Waals surface area contributed by atoms with Crippen LogP contribution in [0.4, 0.5) is 4.39 Å². The van der Waals surface area contributed by atoms with E-state index >= 15 is 0 Å². The highest BCUT2D eigenvalue weighted by Crippen LogP contribution is 2.23. The summed E-state index contributed by atoms with van der Waals surface area (Å²) in [5.74, 6) is 0.324. The Morgan fingerprint density at radius 2 is 2.27 bits per heavy atom. The van der Waals surface area contributed by atoms with Crippen LogP contribution in [-0.2, 0) is 16.0 Å². The fourth-order valence-corrected chi connectivity index (χ4v) is 1.49. The van der Waals surface area contributed by atoms with Crippen LogP contribution in [-0.4, -0.2) is 13.1 Å². The molecule has 4 heteroatoms. The van der Waals surface area contributed by atoms with Crippen molar-refractivity contribution in [1.82, 2.24) is 0 Å². The van der Waals surface area contributed by atoms with Gasteiger partial charge in [-0.15, -0.1) is 0 Å². The monoisotopic (exact) mass is 208 g/mol. The van der Waals surface area contributed by atoms with Crippen molar-refractivity contribution in [3.63, 3.8) is 0 Å². The van der Waals surface area contributed by atoms with Gasteiger partial charge in [-0.1, -0.05) is 12.1 Å². The molecule has 0 radical (unpaired) electrons. The summed E-state index contributed by atoms with van der Waals surface area (Å²) in [5.41, 5.74) is 0. The first-order valence-electron chi connectivity index (χ1n) is 4.53. The third-order valence-corrected chi connectivity index (χ3v) is 2.19. The minimum atomic E-state index is -0.307. The number of benzene rings is 1. The maximum atomic E-state index is 13.2. The summed E-state index contributed by atoms with van der Waals surface area (Å²) in [7, 11) is 0. The first kappa shape index (κ1) is 9.71. The van der Waals surface area contributed by atoms with Crippen molar-refractivity contribution in [3.8, 4) is 0 Å². The molecule has 78 valence electrons. The second-order valence-electron chi connectivity index (χ2n) is 3.08. The van der Waals surface area contributed by atoms with Crippen molar-refractivity contribution in [2.45, 2.75) is 6.42 Å². The fourth-order valence-electron chi connectivity index (χ4n) is 1.49. The van der Waals surface area contributed by atoms with Gasteiger partial charge >= 0.3 is 0 Å². The molecule has 0 aliphatic heterocycles. The Hall–Kier alpha value is -1.84. The van der Waals surface area contributed by atoms with E-state index in [4.69, 9.17) is 4.42 Å². The Morgan fingerprint density at radius 1 is 1.40 bits per heavy atom. The average Bonchev–Trinajstić information content (AvgIpc) is 2.64. The summed E-state index contributed by atoms with van der Waals surface area (Å²) in [5, 5.41) is 1.18. The molecule has 0 aliphatic carbocycles. The summed E-state index contributed by atoms with van der Waals surface area (Å²) < 4.78 is 23.0. The minimum absolute atomic E-state index is 0.239. The van der Waals surface area contributed by atoms with E-state index in [0.717, 1.165) is 5.39 Å². The number of hydrogen-bond donors (Lipinski definition) is 0. The quantitative estimate of drug-likeness (QED) is 0.571. The number of fused-ring (bicyclic) bond motifs is 1. The summed E-state index contributed by atoms with van der Waals surface area (Å²) in [4.78, 5) is 9.94. The van der Waals surface area contributed by atoms with E-state index in [1.54, 1.807) is 12.1 Å². The lowest BCUT2D eigenvalue weighted by Crippen LogP contribution is -1.95. The minimum Gasteiger partial charge on any atom is -0.468 e. The van der Waals surface area contributed by atoms with Crippen molar-refractivity contribution < 1.29 is 18.3 Å². The first-order valence-corrected chi connectivity index (χ1v) is 4.53. The zero-order valence-corrected chi connectivity index (χ0v) is 7.90. The lowest BCUT2D eigenvalue weighted by atomic mass is 10.1. The molecule has 1 aromatic heterocycles. The van der Waals surface area contributed by atoms with Crippen LogP contribution in [0.1, 0.15) is 5.76 Å². The molecule has 0 aliphatic rings. The van der Waals surface area contributed by atoms with Gasteiger partial charge in [0.2, 0.25) is 0 Å². The Morgan fingerprint density at radius 3 is 3.07 bits per heavy atom. The largest absolute Gasteiger partial charge is 0.468 e. The van der Waals surface area contributed by atoms with Gasteiger partial charge in [-0.05, 0) is 6.07 Å². The van der Waals surface area contributed by atoms with E-state index in [-0.39, 0.29) is 12.4 Å². The van der Waals surface area contributed by atoms with E-state index in [2.05, 4.69) is 4.74 Å². The molecular formula is C11H9FO3. The smallest absolute Gasteiger partial charge is 0.293 e. The Bertz CT molecular complexity index is 476. The molecule has 0 N–H and O–H groups in total. The van der Waals surface area contributed by atoms with Crippen LogP contribution in [0.5, 0.6) is 0 Å². The molecule has 0 atom stereocenters. The van der Waals surface area contributed by atoms with Gasteiger partial charge in [0.15, 0.2) is 0 Å². The molecule has 15 heavy (non-hydrogen) atoms. The number of rotatable bonds is 4. The van der Waals surface area contributed by atoms with E-state index < -0.39 is 0 Å². The second-order valence-corrected chi connectivity index (χ2v) is 3.08. The van der Waals surface area contributed by atoms with Crippen LogP contribution in [0.3, 0.4) is 0 Å². The van der Waals surface area contributed by atoms with Crippen molar-refractivity contribution in [2.24, 2.45) is 0 Å². The number of ether oxygens (including phenoxy) is 1. The molecule has 2 rings (SSSR count). The van der Waals surface area contributed by atoms with Crippen molar-refractivity contribution >= 4 is 17.2 Å². The van der Waals surface area contributed by atoms with Crippen molar-refractivity contribution in [3.05, 3.63) is 36.0 Å². The highest BCUT2D eigenvalue weighted by atomic mass is 19.1. The van der Waals surface area contributed by atoms with Gasteiger partial charge in [-0.2, -0.15) is 0 Å². The van der Waals surface area contributed by atoms with E-state index in [9.17, 15) is 9.18 Å². The Labute approximate surface area is 85.4 Å². The zero-order chi connectivity index (χ0) is 10.7. The standard InChI is InChI=1S/C11H9FO3/c12-10-3-1-2-8-9(10)6-15-11(8)4-5-14-7-13/h1-3,6-7H,4-5H2. The molecule has 0 spiro atoms. The van der Waals surface area contributed by atoms with Gasteiger partial charge in [0.05, 0.1) is 12.0 Å². The van der Waals surface area contributed by atoms with Gasteiger partial charge in [-0.3, -0.25) is 4.79 Å². The van der Waals surface area contributed by atoms with Gasteiger partial charge in [-0.25, -0.2) is 4.39 Å². The predicted molar refractivity (Wildman–Crippen MR) is 51.9 cm³/mol. The van der Waals surface area contributed by atoms with Crippen LogP contribution in [0, 0.1) is 5.82 Å². The van der Waals surface area contributed by atoms with E-state index in [1.807, 2.05) is 0 Å². The molecular weight excluding hydrogens is 199 g/mol. The summed E-state index contributed by atoms with van der Waals surface area (Å²) in [6.45, 7) is 0.619. The molecule has 0 saturated carbocycles. The second kappa shape index (κ2) is 4.13. The Kier molecular flexibility index (Phi) is 2.67. The summed E-state index contributed by atoms with van der Waals surface area (Å²) >= 11 is 0. The Balaban J connectivity index is 2.28. The van der Waals surface area contributed by atoms with Crippen molar-refractivity contribution in [2.75, 3.05) is 6.61 Å². The number of halogens is 1. The maximum absolute atomic E-state index is 13.2. The summed E-state index contributed by atoms with van der Waals surface area (Å²) in [6, 6.07) is 4.78. The van der Waals surface area contributed by atoms with Crippen LogP contribution in [0.25, 0.3) is 10.8 Å².